The number of rotatable bonds is 0. The highest BCUT2D eigenvalue weighted by molar-refractivity contribution is 5.37. The summed E-state index contributed by atoms with van der Waals surface area (Å²) in [5.74, 6) is 1.71. The van der Waals surface area contributed by atoms with Crippen LogP contribution in [0.5, 0.6) is 0 Å². The van der Waals surface area contributed by atoms with E-state index in [-0.39, 0.29) is 0 Å². The van der Waals surface area contributed by atoms with Crippen molar-refractivity contribution in [2.24, 2.45) is 11.3 Å². The lowest BCUT2D eigenvalue weighted by Gasteiger charge is -2.57. The van der Waals surface area contributed by atoms with Crippen molar-refractivity contribution in [1.82, 2.24) is 4.98 Å². The minimum atomic E-state index is 0.538. The van der Waals surface area contributed by atoms with Gasteiger partial charge in [0.05, 0.1) is 0 Å². The number of pyridine rings is 1. The predicted octanol–water partition coefficient (Wildman–Crippen LogP) is 2.77. The monoisotopic (exact) mass is 173 g/mol. The third kappa shape index (κ3) is 0.800. The van der Waals surface area contributed by atoms with Crippen LogP contribution in [0.1, 0.15) is 37.3 Å². The van der Waals surface area contributed by atoms with Crippen molar-refractivity contribution < 1.29 is 0 Å². The van der Waals surface area contributed by atoms with E-state index in [0.29, 0.717) is 5.41 Å². The molecule has 13 heavy (non-hydrogen) atoms. The van der Waals surface area contributed by atoms with Crippen LogP contribution in [0.2, 0.25) is 0 Å². The quantitative estimate of drug-likeness (QED) is 0.588. The van der Waals surface area contributed by atoms with Crippen molar-refractivity contribution in [3.8, 4) is 0 Å². The molecule has 1 nitrogen and oxygen atoms in total. The van der Waals surface area contributed by atoms with Crippen LogP contribution in [0.3, 0.4) is 0 Å². The van der Waals surface area contributed by atoms with E-state index in [0.717, 1.165) is 11.8 Å². The molecule has 1 heteroatoms. The Bertz CT molecular complexity index is 354. The fourth-order valence-electron chi connectivity index (χ4n) is 3.09. The van der Waals surface area contributed by atoms with Gasteiger partial charge in [0.2, 0.25) is 0 Å². The molecule has 68 valence electrons. The molecular weight excluding hydrogens is 158 g/mol. The molecule has 1 heterocycles. The van der Waals surface area contributed by atoms with Gasteiger partial charge in [-0.3, -0.25) is 4.98 Å². The second kappa shape index (κ2) is 2.14. The number of hydrogen-bond acceptors (Lipinski definition) is 1. The lowest BCUT2D eigenvalue weighted by atomic mass is 9.48. The van der Waals surface area contributed by atoms with Gasteiger partial charge in [-0.2, -0.15) is 0 Å². The standard InChI is InChI=1S/C12H15N/c1-12(2)9-5-8-3-4-13-7-10(8)11(12)6-9/h3-4,7,9,11H,5-6H2,1-2H3/t9-,11-/m1/s1. The molecule has 3 aliphatic carbocycles. The molecule has 1 aromatic heterocycles. The predicted molar refractivity (Wildman–Crippen MR) is 52.6 cm³/mol. The Balaban J connectivity index is 2.13. The average molecular weight is 173 g/mol. The van der Waals surface area contributed by atoms with Crippen LogP contribution in [-0.4, -0.2) is 4.98 Å². The van der Waals surface area contributed by atoms with Crippen molar-refractivity contribution >= 4 is 0 Å². The van der Waals surface area contributed by atoms with Crippen LogP contribution in [0, 0.1) is 11.3 Å². The Hall–Kier alpha value is -0.850. The first-order valence-electron chi connectivity index (χ1n) is 5.12. The van der Waals surface area contributed by atoms with Crippen molar-refractivity contribution in [3.63, 3.8) is 0 Å². The maximum absolute atomic E-state index is 4.24. The van der Waals surface area contributed by atoms with Gasteiger partial charge in [-0.05, 0) is 47.3 Å². The molecule has 3 aliphatic rings. The van der Waals surface area contributed by atoms with Gasteiger partial charge in [0.1, 0.15) is 0 Å². The van der Waals surface area contributed by atoms with Gasteiger partial charge in [-0.1, -0.05) is 13.8 Å². The van der Waals surface area contributed by atoms with Crippen LogP contribution in [0.4, 0.5) is 0 Å². The second-order valence-corrected chi connectivity index (χ2v) is 5.09. The van der Waals surface area contributed by atoms with E-state index in [1.807, 2.05) is 6.20 Å². The van der Waals surface area contributed by atoms with Crippen LogP contribution >= 0.6 is 0 Å². The molecule has 1 fully saturated rings. The Morgan fingerprint density at radius 3 is 3.08 bits per heavy atom. The van der Waals surface area contributed by atoms with E-state index in [9.17, 15) is 0 Å². The maximum Gasteiger partial charge on any atom is 0.0305 e. The number of aromatic nitrogens is 1. The van der Waals surface area contributed by atoms with Gasteiger partial charge in [0, 0.05) is 12.4 Å². The fraction of sp³-hybridized carbons (Fsp3) is 0.583. The Labute approximate surface area is 79.2 Å². The molecule has 1 saturated carbocycles. The molecule has 0 aromatic carbocycles. The van der Waals surface area contributed by atoms with Gasteiger partial charge in [-0.25, -0.2) is 0 Å². The molecule has 0 spiro atoms. The molecule has 4 rings (SSSR count). The normalized spacial score (nSPS) is 33.4. The Kier molecular flexibility index (Phi) is 1.24. The number of hydrogen-bond donors (Lipinski definition) is 0. The van der Waals surface area contributed by atoms with Crippen molar-refractivity contribution in [1.29, 1.82) is 0 Å². The van der Waals surface area contributed by atoms with E-state index in [2.05, 4.69) is 31.1 Å². The molecule has 2 bridgehead atoms. The van der Waals surface area contributed by atoms with Crippen molar-refractivity contribution in [2.75, 3.05) is 0 Å². The van der Waals surface area contributed by atoms with Crippen molar-refractivity contribution in [3.05, 3.63) is 29.6 Å². The first-order chi connectivity index (χ1) is 6.19. The minimum Gasteiger partial charge on any atom is -0.264 e. The summed E-state index contributed by atoms with van der Waals surface area (Å²) in [5, 5.41) is 0. The fourth-order valence-corrected chi connectivity index (χ4v) is 3.09. The zero-order valence-corrected chi connectivity index (χ0v) is 8.25. The molecule has 0 aliphatic heterocycles. The van der Waals surface area contributed by atoms with E-state index >= 15 is 0 Å². The minimum absolute atomic E-state index is 0.538. The van der Waals surface area contributed by atoms with Gasteiger partial charge >= 0.3 is 0 Å². The Morgan fingerprint density at radius 2 is 2.31 bits per heavy atom. The molecule has 2 atom stereocenters. The maximum atomic E-state index is 4.24. The molecule has 0 radical (unpaired) electrons. The molecule has 0 unspecified atom stereocenters. The summed E-state index contributed by atoms with van der Waals surface area (Å²) < 4.78 is 0. The average Bonchev–Trinajstić information content (AvgIpc) is 2.16. The van der Waals surface area contributed by atoms with Gasteiger partial charge < -0.3 is 0 Å². The third-order valence-electron chi connectivity index (χ3n) is 4.26. The molecule has 0 amide bonds. The summed E-state index contributed by atoms with van der Waals surface area (Å²) in [6.07, 6.45) is 6.68. The van der Waals surface area contributed by atoms with E-state index in [4.69, 9.17) is 0 Å². The highest BCUT2D eigenvalue weighted by Crippen LogP contribution is 2.61. The third-order valence-corrected chi connectivity index (χ3v) is 4.26. The zero-order chi connectivity index (χ0) is 9.05. The van der Waals surface area contributed by atoms with E-state index in [1.165, 1.54) is 18.4 Å². The highest BCUT2D eigenvalue weighted by atomic mass is 14.7. The van der Waals surface area contributed by atoms with Crippen LogP contribution in [-0.2, 0) is 6.42 Å². The lowest BCUT2D eigenvalue weighted by molar-refractivity contribution is 0.0183. The summed E-state index contributed by atoms with van der Waals surface area (Å²) >= 11 is 0. The second-order valence-electron chi connectivity index (χ2n) is 5.09. The van der Waals surface area contributed by atoms with Gasteiger partial charge in [-0.15, -0.1) is 0 Å². The van der Waals surface area contributed by atoms with Crippen LogP contribution < -0.4 is 0 Å². The first-order valence-corrected chi connectivity index (χ1v) is 5.12. The molecule has 1 aromatic rings. The molecular formula is C12H15N. The summed E-state index contributed by atoms with van der Waals surface area (Å²) in [6.45, 7) is 4.81. The van der Waals surface area contributed by atoms with E-state index in [1.54, 1.807) is 5.56 Å². The van der Waals surface area contributed by atoms with Gasteiger partial charge in [0.25, 0.3) is 0 Å². The van der Waals surface area contributed by atoms with E-state index < -0.39 is 0 Å². The van der Waals surface area contributed by atoms with Crippen molar-refractivity contribution in [2.45, 2.75) is 32.6 Å². The first kappa shape index (κ1) is 7.54. The smallest absolute Gasteiger partial charge is 0.0305 e. The van der Waals surface area contributed by atoms with Crippen LogP contribution in [0.15, 0.2) is 18.5 Å². The Morgan fingerprint density at radius 1 is 1.46 bits per heavy atom. The highest BCUT2D eigenvalue weighted by Gasteiger charge is 2.52. The molecule has 0 saturated heterocycles. The number of nitrogens with zero attached hydrogens (tertiary/aromatic N) is 1. The summed E-state index contributed by atoms with van der Waals surface area (Å²) in [7, 11) is 0. The summed E-state index contributed by atoms with van der Waals surface area (Å²) in [5.41, 5.74) is 3.61. The topological polar surface area (TPSA) is 12.9 Å². The zero-order valence-electron chi connectivity index (χ0n) is 8.25. The molecule has 0 N–H and O–H groups in total. The summed E-state index contributed by atoms with van der Waals surface area (Å²) in [4.78, 5) is 4.24. The largest absolute Gasteiger partial charge is 0.264 e. The lowest BCUT2D eigenvalue weighted by Crippen LogP contribution is -2.48. The van der Waals surface area contributed by atoms with Crippen LogP contribution in [0.25, 0.3) is 0 Å². The summed E-state index contributed by atoms with van der Waals surface area (Å²) in [6, 6.07) is 2.20. The SMILES string of the molecule is CC1(C)[C@@H]2Cc3ccncc3[C@H]1C2. The van der Waals surface area contributed by atoms with Gasteiger partial charge in [0.15, 0.2) is 0 Å².